The van der Waals surface area contributed by atoms with Crippen LogP contribution >= 0.6 is 15.9 Å². The summed E-state index contributed by atoms with van der Waals surface area (Å²) in [5.74, 6) is 1.08. The average molecular weight is 446 g/mol. The Morgan fingerprint density at radius 3 is 2.33 bits per heavy atom. The van der Waals surface area contributed by atoms with E-state index in [0.717, 1.165) is 0 Å². The maximum absolute atomic E-state index is 12.4. The second-order valence-corrected chi connectivity index (χ2v) is 7.99. The molecule has 0 saturated heterocycles. The summed E-state index contributed by atoms with van der Waals surface area (Å²) in [5, 5.41) is 3.92. The molecule has 0 saturated carbocycles. The normalized spacial score (nSPS) is 11.4. The lowest BCUT2D eigenvalue weighted by Gasteiger charge is -2.08. The predicted molar refractivity (Wildman–Crippen MR) is 102 cm³/mol. The van der Waals surface area contributed by atoms with E-state index in [1.165, 1.54) is 12.1 Å². The van der Waals surface area contributed by atoms with Crippen LogP contribution in [0.2, 0.25) is 0 Å². The summed E-state index contributed by atoms with van der Waals surface area (Å²) < 4.78 is 38.4. The van der Waals surface area contributed by atoms with E-state index in [4.69, 9.17) is 8.94 Å². The highest BCUT2D eigenvalue weighted by Crippen LogP contribution is 2.26. The first-order chi connectivity index (χ1) is 13.0. The smallest absolute Gasteiger partial charge is 0.293 e. The van der Waals surface area contributed by atoms with Crippen molar-refractivity contribution in [2.75, 3.05) is 4.72 Å². The molecule has 0 aliphatic rings. The summed E-state index contributed by atoms with van der Waals surface area (Å²) in [5.41, 5.74) is 1.11. The number of anilines is 1. The van der Waals surface area contributed by atoms with Crippen molar-refractivity contribution >= 4 is 31.6 Å². The molecule has 0 bridgehead atoms. The van der Waals surface area contributed by atoms with Gasteiger partial charge < -0.3 is 8.94 Å². The van der Waals surface area contributed by atoms with Gasteiger partial charge in [0.15, 0.2) is 10.4 Å². The van der Waals surface area contributed by atoms with Gasteiger partial charge in [0.05, 0.1) is 4.90 Å². The molecule has 0 radical (unpaired) electrons. The number of hydrogen-bond acceptors (Lipinski definition) is 6. The van der Waals surface area contributed by atoms with Crippen LogP contribution in [0.3, 0.4) is 0 Å². The zero-order valence-electron chi connectivity index (χ0n) is 13.7. The van der Waals surface area contributed by atoms with Crippen molar-refractivity contribution < 1.29 is 17.4 Å². The average Bonchev–Trinajstić information content (AvgIpc) is 3.32. The van der Waals surface area contributed by atoms with Crippen LogP contribution < -0.4 is 4.72 Å². The molecule has 9 heteroatoms. The summed E-state index contributed by atoms with van der Waals surface area (Å²) in [6, 6.07) is 18.3. The molecule has 0 amide bonds. The van der Waals surface area contributed by atoms with Crippen molar-refractivity contribution in [1.29, 1.82) is 0 Å². The third-order valence-electron chi connectivity index (χ3n) is 3.66. The van der Waals surface area contributed by atoms with Crippen LogP contribution in [0.4, 0.5) is 5.69 Å². The first-order valence-electron chi connectivity index (χ1n) is 7.79. The van der Waals surface area contributed by atoms with Gasteiger partial charge in [-0.15, -0.1) is 0 Å². The maximum Gasteiger partial charge on any atom is 0.293 e. The van der Waals surface area contributed by atoms with Crippen molar-refractivity contribution in [2.45, 2.75) is 4.90 Å². The van der Waals surface area contributed by atoms with Crippen molar-refractivity contribution in [3.63, 3.8) is 0 Å². The van der Waals surface area contributed by atoms with Gasteiger partial charge in [0, 0.05) is 11.3 Å². The Kier molecular flexibility index (Phi) is 4.54. The van der Waals surface area contributed by atoms with Crippen LogP contribution in [0.15, 0.2) is 85.2 Å². The largest absolute Gasteiger partial charge is 0.444 e. The Balaban J connectivity index is 1.54. The van der Waals surface area contributed by atoms with Crippen LogP contribution in [-0.2, 0) is 10.0 Å². The van der Waals surface area contributed by atoms with E-state index in [1.54, 1.807) is 54.6 Å². The van der Waals surface area contributed by atoms with Gasteiger partial charge in [0.2, 0.25) is 5.82 Å². The van der Waals surface area contributed by atoms with Crippen LogP contribution in [0.5, 0.6) is 0 Å². The summed E-state index contributed by atoms with van der Waals surface area (Å²) in [4.78, 5) is 4.48. The van der Waals surface area contributed by atoms with Gasteiger partial charge in [0.1, 0.15) is 0 Å². The Labute approximate surface area is 163 Å². The summed E-state index contributed by atoms with van der Waals surface area (Å²) in [7, 11) is -3.64. The molecule has 2 aromatic carbocycles. The van der Waals surface area contributed by atoms with Crippen molar-refractivity contribution in [1.82, 2.24) is 10.1 Å². The standard InChI is InChI=1S/C18H12BrN3O4S/c19-16-11-10-15(25-16)18-20-17(21-26-18)12-6-8-13(9-7-12)22-27(23,24)14-4-2-1-3-5-14/h1-11,22H. The third-order valence-corrected chi connectivity index (χ3v) is 5.48. The molecule has 0 atom stereocenters. The number of nitrogens with zero attached hydrogens (tertiary/aromatic N) is 2. The topological polar surface area (TPSA) is 98.2 Å². The van der Waals surface area contributed by atoms with Gasteiger partial charge in [-0.1, -0.05) is 23.4 Å². The number of furan rings is 1. The number of sulfonamides is 1. The zero-order chi connectivity index (χ0) is 18.9. The molecule has 1 N–H and O–H groups in total. The van der Waals surface area contributed by atoms with Gasteiger partial charge in [-0.25, -0.2) is 8.42 Å². The molecule has 7 nitrogen and oxygen atoms in total. The van der Waals surface area contributed by atoms with Gasteiger partial charge in [0.25, 0.3) is 15.9 Å². The number of hydrogen-bond donors (Lipinski definition) is 1. The lowest BCUT2D eigenvalue weighted by atomic mass is 10.2. The summed E-state index contributed by atoms with van der Waals surface area (Å²) in [6.45, 7) is 0. The van der Waals surface area contributed by atoms with E-state index in [-0.39, 0.29) is 10.8 Å². The Hall–Kier alpha value is -2.91. The fourth-order valence-electron chi connectivity index (χ4n) is 2.37. The SMILES string of the molecule is O=S(=O)(Nc1ccc(-c2noc(-c3ccc(Br)o3)n2)cc1)c1ccccc1. The minimum atomic E-state index is -3.64. The predicted octanol–water partition coefficient (Wildman–Crippen LogP) is 4.56. The minimum absolute atomic E-state index is 0.196. The Bertz CT molecular complexity index is 1170. The number of aromatic nitrogens is 2. The van der Waals surface area contributed by atoms with Gasteiger partial charge in [-0.2, -0.15) is 4.98 Å². The molecule has 2 heterocycles. The lowest BCUT2D eigenvalue weighted by Crippen LogP contribution is -2.12. The lowest BCUT2D eigenvalue weighted by molar-refractivity contribution is 0.414. The molecule has 0 aliphatic heterocycles. The second-order valence-electron chi connectivity index (χ2n) is 5.52. The Morgan fingerprint density at radius 1 is 0.926 bits per heavy atom. The van der Waals surface area contributed by atoms with Crippen molar-refractivity contribution in [2.24, 2.45) is 0 Å². The third kappa shape index (κ3) is 3.79. The van der Waals surface area contributed by atoms with E-state index in [1.807, 2.05) is 0 Å². The molecule has 136 valence electrons. The van der Waals surface area contributed by atoms with Crippen molar-refractivity contribution in [3.8, 4) is 23.0 Å². The van der Waals surface area contributed by atoms with Gasteiger partial charge in [-0.3, -0.25) is 4.72 Å². The maximum atomic E-state index is 12.4. The molecule has 0 spiro atoms. The first kappa shape index (κ1) is 17.5. The highest BCUT2D eigenvalue weighted by atomic mass is 79.9. The highest BCUT2D eigenvalue weighted by molar-refractivity contribution is 9.10. The van der Waals surface area contributed by atoms with E-state index in [2.05, 4.69) is 30.8 Å². The fraction of sp³-hybridized carbons (Fsp3) is 0. The molecule has 27 heavy (non-hydrogen) atoms. The van der Waals surface area contributed by atoms with E-state index in [9.17, 15) is 8.42 Å². The zero-order valence-corrected chi connectivity index (χ0v) is 16.1. The Morgan fingerprint density at radius 2 is 1.67 bits per heavy atom. The number of rotatable bonds is 5. The number of halogens is 1. The fourth-order valence-corrected chi connectivity index (χ4v) is 3.76. The van der Waals surface area contributed by atoms with Gasteiger partial charge >= 0.3 is 0 Å². The van der Waals surface area contributed by atoms with Crippen LogP contribution in [0.1, 0.15) is 0 Å². The molecular formula is C18H12BrN3O4S. The molecular weight excluding hydrogens is 434 g/mol. The monoisotopic (exact) mass is 445 g/mol. The summed E-state index contributed by atoms with van der Waals surface area (Å²) in [6.07, 6.45) is 0. The molecule has 2 aromatic heterocycles. The first-order valence-corrected chi connectivity index (χ1v) is 10.1. The summed E-state index contributed by atoms with van der Waals surface area (Å²) >= 11 is 3.22. The molecule has 4 rings (SSSR count). The van der Waals surface area contributed by atoms with Crippen molar-refractivity contribution in [3.05, 3.63) is 71.4 Å². The van der Waals surface area contributed by atoms with Crippen LogP contribution in [0.25, 0.3) is 23.0 Å². The minimum Gasteiger partial charge on any atom is -0.444 e. The molecule has 0 unspecified atom stereocenters. The second kappa shape index (κ2) is 7.01. The van der Waals surface area contributed by atoms with Crippen LogP contribution in [-0.4, -0.2) is 18.6 Å². The van der Waals surface area contributed by atoms with Crippen LogP contribution in [0, 0.1) is 0 Å². The number of benzene rings is 2. The van der Waals surface area contributed by atoms with E-state index < -0.39 is 10.0 Å². The molecule has 0 fully saturated rings. The highest BCUT2D eigenvalue weighted by Gasteiger charge is 2.15. The van der Waals surface area contributed by atoms with E-state index in [0.29, 0.717) is 27.5 Å². The molecule has 0 aliphatic carbocycles. The van der Waals surface area contributed by atoms with Gasteiger partial charge in [-0.05, 0) is 64.5 Å². The number of nitrogens with one attached hydrogen (secondary N) is 1. The quantitative estimate of drug-likeness (QED) is 0.483. The molecule has 4 aromatic rings. The van der Waals surface area contributed by atoms with E-state index >= 15 is 0 Å².